The van der Waals surface area contributed by atoms with Gasteiger partial charge in [-0.3, -0.25) is 4.98 Å². The fourth-order valence-corrected chi connectivity index (χ4v) is 3.67. The van der Waals surface area contributed by atoms with Crippen LogP contribution in [0.25, 0.3) is 0 Å². The van der Waals surface area contributed by atoms with Crippen LogP contribution in [-0.2, 0) is 10.0 Å². The van der Waals surface area contributed by atoms with E-state index in [9.17, 15) is 8.42 Å². The number of rotatable bonds is 5. The molecule has 2 aromatic carbocycles. The van der Waals surface area contributed by atoms with Crippen molar-refractivity contribution in [1.29, 1.82) is 5.26 Å². The highest BCUT2D eigenvalue weighted by molar-refractivity contribution is 7.89. The maximum absolute atomic E-state index is 12.8. The van der Waals surface area contributed by atoms with Crippen LogP contribution in [0.3, 0.4) is 0 Å². The predicted octanol–water partition coefficient (Wildman–Crippen LogP) is 3.02. The van der Waals surface area contributed by atoms with E-state index in [-0.39, 0.29) is 4.90 Å². The zero-order chi connectivity index (χ0) is 17.7. The highest BCUT2D eigenvalue weighted by Crippen LogP contribution is 2.24. The summed E-state index contributed by atoms with van der Waals surface area (Å²) >= 11 is 0. The third kappa shape index (κ3) is 3.91. The van der Waals surface area contributed by atoms with E-state index in [1.165, 1.54) is 24.3 Å². The summed E-state index contributed by atoms with van der Waals surface area (Å²) in [7, 11) is -3.76. The molecule has 5 nitrogen and oxygen atoms in total. The molecule has 0 saturated heterocycles. The molecule has 1 N–H and O–H groups in total. The van der Waals surface area contributed by atoms with Crippen LogP contribution < -0.4 is 4.72 Å². The topological polar surface area (TPSA) is 82.8 Å². The van der Waals surface area contributed by atoms with E-state index in [2.05, 4.69) is 9.71 Å². The Hall–Kier alpha value is -3.01. The van der Waals surface area contributed by atoms with Gasteiger partial charge in [0.2, 0.25) is 10.0 Å². The first-order chi connectivity index (χ1) is 12.1. The Morgan fingerprint density at radius 3 is 2.08 bits per heavy atom. The van der Waals surface area contributed by atoms with Gasteiger partial charge in [0.05, 0.1) is 22.6 Å². The Balaban J connectivity index is 1.98. The molecule has 1 aromatic heterocycles. The molecule has 0 spiro atoms. The van der Waals surface area contributed by atoms with E-state index >= 15 is 0 Å². The minimum atomic E-state index is -3.76. The van der Waals surface area contributed by atoms with Crippen molar-refractivity contribution in [2.24, 2.45) is 0 Å². The first-order valence-electron chi connectivity index (χ1n) is 7.57. The van der Waals surface area contributed by atoms with Crippen LogP contribution in [-0.4, -0.2) is 13.4 Å². The number of hydrogen-bond acceptors (Lipinski definition) is 4. The van der Waals surface area contributed by atoms with Crippen LogP contribution in [0, 0.1) is 11.3 Å². The standard InChI is InChI=1S/C19H15N3O2S/c20-14-15-6-8-18(9-7-15)25(23,24)22-19(16-4-2-1-3-5-16)17-10-12-21-13-11-17/h1-13,19,22H/t19-/m0/s1. The van der Waals surface area contributed by atoms with Gasteiger partial charge in [-0.15, -0.1) is 0 Å². The summed E-state index contributed by atoms with van der Waals surface area (Å²) in [5.74, 6) is 0. The van der Waals surface area contributed by atoms with Gasteiger partial charge in [-0.1, -0.05) is 30.3 Å². The van der Waals surface area contributed by atoms with Crippen LogP contribution in [0.1, 0.15) is 22.7 Å². The van der Waals surface area contributed by atoms with Crippen molar-refractivity contribution in [3.63, 3.8) is 0 Å². The molecule has 0 fully saturated rings. The van der Waals surface area contributed by atoms with Gasteiger partial charge in [-0.05, 0) is 47.5 Å². The van der Waals surface area contributed by atoms with Gasteiger partial charge in [0.15, 0.2) is 0 Å². The van der Waals surface area contributed by atoms with Gasteiger partial charge in [0.1, 0.15) is 0 Å². The highest BCUT2D eigenvalue weighted by Gasteiger charge is 2.22. The van der Waals surface area contributed by atoms with Crippen LogP contribution in [0.4, 0.5) is 0 Å². The molecule has 0 amide bonds. The van der Waals surface area contributed by atoms with Crippen molar-refractivity contribution in [1.82, 2.24) is 9.71 Å². The number of aromatic nitrogens is 1. The molecule has 0 radical (unpaired) electrons. The second-order valence-corrected chi connectivity index (χ2v) is 7.10. The zero-order valence-corrected chi connectivity index (χ0v) is 14.0. The minimum absolute atomic E-state index is 0.112. The van der Waals surface area contributed by atoms with Gasteiger partial charge in [-0.25, -0.2) is 8.42 Å². The lowest BCUT2D eigenvalue weighted by atomic mass is 10.0. The van der Waals surface area contributed by atoms with E-state index in [0.717, 1.165) is 11.1 Å². The summed E-state index contributed by atoms with van der Waals surface area (Å²) in [6.45, 7) is 0. The van der Waals surface area contributed by atoms with Crippen molar-refractivity contribution >= 4 is 10.0 Å². The number of pyridine rings is 1. The first-order valence-corrected chi connectivity index (χ1v) is 9.06. The normalized spacial score (nSPS) is 12.3. The molecule has 0 bridgehead atoms. The molecule has 124 valence electrons. The Kier molecular flexibility index (Phi) is 4.89. The molecule has 0 saturated carbocycles. The van der Waals surface area contributed by atoms with Gasteiger partial charge in [0.25, 0.3) is 0 Å². The fraction of sp³-hybridized carbons (Fsp3) is 0.0526. The van der Waals surface area contributed by atoms with E-state index < -0.39 is 16.1 Å². The van der Waals surface area contributed by atoms with Crippen molar-refractivity contribution in [2.75, 3.05) is 0 Å². The summed E-state index contributed by atoms with van der Waals surface area (Å²) in [6, 6.07) is 20.1. The van der Waals surface area contributed by atoms with Gasteiger partial charge in [-0.2, -0.15) is 9.98 Å². The number of nitriles is 1. The fourth-order valence-electron chi connectivity index (χ4n) is 2.46. The second kappa shape index (κ2) is 7.26. The molecule has 3 aromatic rings. The SMILES string of the molecule is N#Cc1ccc(S(=O)(=O)N[C@@H](c2ccccc2)c2ccncc2)cc1. The van der Waals surface area contributed by atoms with E-state index in [4.69, 9.17) is 5.26 Å². The quantitative estimate of drug-likeness (QED) is 0.767. The van der Waals surface area contributed by atoms with Crippen LogP contribution >= 0.6 is 0 Å². The molecule has 0 aliphatic heterocycles. The van der Waals surface area contributed by atoms with E-state index in [1.807, 2.05) is 36.4 Å². The van der Waals surface area contributed by atoms with Crippen molar-refractivity contribution < 1.29 is 8.42 Å². The minimum Gasteiger partial charge on any atom is -0.265 e. The zero-order valence-electron chi connectivity index (χ0n) is 13.2. The molecule has 1 atom stereocenters. The molecule has 0 aliphatic carbocycles. The first kappa shape index (κ1) is 16.8. The number of benzene rings is 2. The highest BCUT2D eigenvalue weighted by atomic mass is 32.2. The molecule has 0 aliphatic rings. The Labute approximate surface area is 146 Å². The number of nitrogens with zero attached hydrogens (tertiary/aromatic N) is 2. The molecule has 0 unspecified atom stereocenters. The number of hydrogen-bond donors (Lipinski definition) is 1. The van der Waals surface area contributed by atoms with Gasteiger partial charge in [0, 0.05) is 12.4 Å². The predicted molar refractivity (Wildman–Crippen MR) is 94.0 cm³/mol. The lowest BCUT2D eigenvalue weighted by Gasteiger charge is -2.19. The summed E-state index contributed by atoms with van der Waals surface area (Å²) in [5, 5.41) is 8.85. The van der Waals surface area contributed by atoms with Crippen molar-refractivity contribution in [3.05, 3.63) is 95.8 Å². The van der Waals surface area contributed by atoms with Crippen molar-refractivity contribution in [2.45, 2.75) is 10.9 Å². The van der Waals surface area contributed by atoms with Gasteiger partial charge < -0.3 is 0 Å². The summed E-state index contributed by atoms with van der Waals surface area (Å²) < 4.78 is 28.3. The maximum atomic E-state index is 12.8. The second-order valence-electron chi connectivity index (χ2n) is 5.38. The Morgan fingerprint density at radius 1 is 0.880 bits per heavy atom. The molecule has 6 heteroatoms. The summed E-state index contributed by atoms with van der Waals surface area (Å²) in [6.07, 6.45) is 3.25. The average molecular weight is 349 g/mol. The monoisotopic (exact) mass is 349 g/mol. The molecule has 25 heavy (non-hydrogen) atoms. The third-order valence-corrected chi connectivity index (χ3v) is 5.18. The summed E-state index contributed by atoms with van der Waals surface area (Å²) in [5.41, 5.74) is 2.03. The summed E-state index contributed by atoms with van der Waals surface area (Å²) in [4.78, 5) is 4.10. The number of sulfonamides is 1. The Morgan fingerprint density at radius 2 is 1.48 bits per heavy atom. The van der Waals surface area contributed by atoms with E-state index in [0.29, 0.717) is 5.56 Å². The van der Waals surface area contributed by atoms with Crippen LogP contribution in [0.2, 0.25) is 0 Å². The third-order valence-electron chi connectivity index (χ3n) is 3.74. The molecule has 1 heterocycles. The number of nitrogens with one attached hydrogen (secondary N) is 1. The van der Waals surface area contributed by atoms with E-state index in [1.54, 1.807) is 24.5 Å². The molecular formula is C19H15N3O2S. The lowest BCUT2D eigenvalue weighted by molar-refractivity contribution is 0.572. The van der Waals surface area contributed by atoms with Crippen LogP contribution in [0.5, 0.6) is 0 Å². The smallest absolute Gasteiger partial charge is 0.241 e. The lowest BCUT2D eigenvalue weighted by Crippen LogP contribution is -2.29. The molecule has 3 rings (SSSR count). The Bertz CT molecular complexity index is 941. The largest absolute Gasteiger partial charge is 0.265 e. The maximum Gasteiger partial charge on any atom is 0.241 e. The van der Waals surface area contributed by atoms with Crippen LogP contribution in [0.15, 0.2) is 84.0 Å². The average Bonchev–Trinajstić information content (AvgIpc) is 2.67. The van der Waals surface area contributed by atoms with Crippen molar-refractivity contribution in [3.8, 4) is 6.07 Å². The van der Waals surface area contributed by atoms with Gasteiger partial charge >= 0.3 is 0 Å². The molecular weight excluding hydrogens is 334 g/mol.